The van der Waals surface area contributed by atoms with Crippen LogP contribution in [0.4, 0.5) is 8.78 Å². The van der Waals surface area contributed by atoms with Gasteiger partial charge in [-0.15, -0.1) is 0 Å². The molecule has 1 amide bonds. The molecule has 1 saturated heterocycles. The Morgan fingerprint density at radius 2 is 1.96 bits per heavy atom. The van der Waals surface area contributed by atoms with Crippen LogP contribution in [-0.4, -0.2) is 43.6 Å². The Morgan fingerprint density at radius 1 is 1.15 bits per heavy atom. The highest BCUT2D eigenvalue weighted by Gasteiger charge is 2.21. The lowest BCUT2D eigenvalue weighted by Gasteiger charge is -2.33. The molecule has 3 rings (SSSR count). The molecule has 1 aliphatic rings. The quantitative estimate of drug-likeness (QED) is 0.805. The van der Waals surface area contributed by atoms with Crippen molar-refractivity contribution in [2.75, 3.05) is 32.8 Å². The zero-order chi connectivity index (χ0) is 18.4. The molecular formula is C20H22F2N2O2. The van der Waals surface area contributed by atoms with Crippen LogP contribution in [0.5, 0.6) is 0 Å². The molecule has 0 radical (unpaired) electrons. The summed E-state index contributed by atoms with van der Waals surface area (Å²) in [5, 5.41) is 2.74. The van der Waals surface area contributed by atoms with Crippen LogP contribution in [0.1, 0.15) is 28.4 Å². The minimum absolute atomic E-state index is 0.0710. The molecule has 1 N–H and O–H groups in total. The summed E-state index contributed by atoms with van der Waals surface area (Å²) < 4.78 is 31.9. The van der Waals surface area contributed by atoms with Gasteiger partial charge < -0.3 is 10.1 Å². The van der Waals surface area contributed by atoms with Crippen LogP contribution in [0.2, 0.25) is 0 Å². The van der Waals surface area contributed by atoms with Crippen molar-refractivity contribution in [3.05, 3.63) is 71.3 Å². The summed E-state index contributed by atoms with van der Waals surface area (Å²) in [6.45, 7) is 3.68. The third-order valence-corrected chi connectivity index (χ3v) is 4.44. The highest BCUT2D eigenvalue weighted by Crippen LogP contribution is 2.21. The van der Waals surface area contributed by atoms with Crippen LogP contribution in [0.3, 0.4) is 0 Å². The molecule has 0 saturated carbocycles. The van der Waals surface area contributed by atoms with Gasteiger partial charge in [0.1, 0.15) is 0 Å². The van der Waals surface area contributed by atoms with Crippen LogP contribution in [0, 0.1) is 11.6 Å². The van der Waals surface area contributed by atoms with Gasteiger partial charge in [0.2, 0.25) is 0 Å². The molecule has 138 valence electrons. The number of nitrogens with one attached hydrogen (secondary N) is 1. The zero-order valence-corrected chi connectivity index (χ0v) is 14.5. The number of ether oxygens (including phenoxy) is 1. The molecule has 1 aliphatic heterocycles. The molecular weight excluding hydrogens is 338 g/mol. The molecule has 2 aromatic carbocycles. The van der Waals surface area contributed by atoms with E-state index >= 15 is 0 Å². The van der Waals surface area contributed by atoms with E-state index in [1.54, 1.807) is 0 Å². The van der Waals surface area contributed by atoms with Gasteiger partial charge in [-0.1, -0.05) is 30.3 Å². The fourth-order valence-corrected chi connectivity index (χ4v) is 3.02. The molecule has 6 heteroatoms. The minimum atomic E-state index is -1.02. The van der Waals surface area contributed by atoms with Crippen LogP contribution in [0.15, 0.2) is 48.5 Å². The van der Waals surface area contributed by atoms with Crippen LogP contribution in [0.25, 0.3) is 0 Å². The van der Waals surface area contributed by atoms with Gasteiger partial charge in [0.25, 0.3) is 5.91 Å². The van der Waals surface area contributed by atoms with E-state index in [-0.39, 0.29) is 11.7 Å². The Bertz CT molecular complexity index is 740. The van der Waals surface area contributed by atoms with Gasteiger partial charge in [-0.05, 0) is 30.2 Å². The summed E-state index contributed by atoms with van der Waals surface area (Å²) in [5.41, 5.74) is 1.29. The average molecular weight is 360 g/mol. The highest BCUT2D eigenvalue weighted by atomic mass is 19.2. The summed E-state index contributed by atoms with van der Waals surface area (Å²) in [6, 6.07) is 13.3. The molecule has 2 aromatic rings. The maximum Gasteiger partial charge on any atom is 0.251 e. The molecule has 26 heavy (non-hydrogen) atoms. The summed E-state index contributed by atoms with van der Waals surface area (Å²) in [5.74, 6) is -2.37. The Hall–Kier alpha value is -2.31. The molecule has 1 heterocycles. The summed E-state index contributed by atoms with van der Waals surface area (Å²) >= 11 is 0. The van der Waals surface area contributed by atoms with E-state index in [1.165, 1.54) is 11.6 Å². The van der Waals surface area contributed by atoms with E-state index in [4.69, 9.17) is 4.74 Å². The molecule has 4 nitrogen and oxygen atoms in total. The monoisotopic (exact) mass is 360 g/mol. The lowest BCUT2D eigenvalue weighted by Crippen LogP contribution is -2.39. The molecule has 0 aliphatic carbocycles. The Morgan fingerprint density at radius 3 is 2.73 bits per heavy atom. The van der Waals surface area contributed by atoms with Crippen molar-refractivity contribution in [1.82, 2.24) is 10.2 Å². The Kier molecular flexibility index (Phi) is 6.30. The zero-order valence-electron chi connectivity index (χ0n) is 14.5. The van der Waals surface area contributed by atoms with E-state index in [0.29, 0.717) is 13.2 Å². The number of nitrogens with zero attached hydrogens (tertiary/aromatic N) is 1. The van der Waals surface area contributed by atoms with Crippen LogP contribution in [-0.2, 0) is 4.74 Å². The molecule has 1 atom stereocenters. The predicted octanol–water partition coefficient (Wildman–Crippen LogP) is 3.16. The van der Waals surface area contributed by atoms with Gasteiger partial charge >= 0.3 is 0 Å². The maximum absolute atomic E-state index is 13.2. The second-order valence-electron chi connectivity index (χ2n) is 6.31. The first kappa shape index (κ1) is 18.5. The fraction of sp³-hybridized carbons (Fsp3) is 0.350. The standard InChI is InChI=1S/C20H22F2N2O2/c21-17-8-7-16(13-18(17)22)20(25)23-9-4-10-24-11-12-26-19(14-24)15-5-2-1-3-6-15/h1-3,5-8,13,19H,4,9-12,14H2,(H,23,25)/t19-/m0/s1. The molecule has 0 spiro atoms. The Labute approximate surface area is 151 Å². The number of carbonyl (C=O) groups excluding carboxylic acids is 1. The normalized spacial score (nSPS) is 17.8. The molecule has 0 unspecified atom stereocenters. The summed E-state index contributed by atoms with van der Waals surface area (Å²) in [4.78, 5) is 14.3. The van der Waals surface area contributed by atoms with Crippen molar-refractivity contribution in [3.63, 3.8) is 0 Å². The first-order chi connectivity index (χ1) is 12.6. The number of benzene rings is 2. The minimum Gasteiger partial charge on any atom is -0.371 e. The second-order valence-corrected chi connectivity index (χ2v) is 6.31. The van der Waals surface area contributed by atoms with Crippen molar-refractivity contribution in [2.45, 2.75) is 12.5 Å². The van der Waals surface area contributed by atoms with E-state index in [0.717, 1.165) is 38.2 Å². The third-order valence-electron chi connectivity index (χ3n) is 4.44. The van der Waals surface area contributed by atoms with Gasteiger partial charge in [-0.3, -0.25) is 9.69 Å². The number of hydrogen-bond donors (Lipinski definition) is 1. The van der Waals surface area contributed by atoms with Crippen molar-refractivity contribution >= 4 is 5.91 Å². The Balaban J connectivity index is 1.41. The second kappa shape index (κ2) is 8.87. The highest BCUT2D eigenvalue weighted by molar-refractivity contribution is 5.94. The lowest BCUT2D eigenvalue weighted by atomic mass is 10.1. The molecule has 0 aromatic heterocycles. The average Bonchev–Trinajstić information content (AvgIpc) is 2.68. The number of rotatable bonds is 6. The van der Waals surface area contributed by atoms with Crippen molar-refractivity contribution < 1.29 is 18.3 Å². The van der Waals surface area contributed by atoms with Crippen molar-refractivity contribution in [2.24, 2.45) is 0 Å². The van der Waals surface area contributed by atoms with E-state index in [9.17, 15) is 13.6 Å². The third kappa shape index (κ3) is 4.86. The van der Waals surface area contributed by atoms with Gasteiger partial charge in [0.15, 0.2) is 11.6 Å². The smallest absolute Gasteiger partial charge is 0.251 e. The van der Waals surface area contributed by atoms with E-state index in [2.05, 4.69) is 22.3 Å². The summed E-state index contributed by atoms with van der Waals surface area (Å²) in [6.07, 6.45) is 0.846. The maximum atomic E-state index is 13.2. The molecule has 1 fully saturated rings. The number of halogens is 2. The number of amides is 1. The van der Waals surface area contributed by atoms with Crippen LogP contribution >= 0.6 is 0 Å². The largest absolute Gasteiger partial charge is 0.371 e. The fourth-order valence-electron chi connectivity index (χ4n) is 3.02. The number of hydrogen-bond acceptors (Lipinski definition) is 3. The SMILES string of the molecule is O=C(NCCCN1CCO[C@H](c2ccccc2)C1)c1ccc(F)c(F)c1. The predicted molar refractivity (Wildman–Crippen MR) is 94.9 cm³/mol. The topological polar surface area (TPSA) is 41.6 Å². The van der Waals surface area contributed by atoms with Crippen LogP contribution < -0.4 is 5.32 Å². The number of carbonyl (C=O) groups is 1. The van der Waals surface area contributed by atoms with E-state index in [1.807, 2.05) is 18.2 Å². The summed E-state index contributed by atoms with van der Waals surface area (Å²) in [7, 11) is 0. The first-order valence-corrected chi connectivity index (χ1v) is 8.75. The first-order valence-electron chi connectivity index (χ1n) is 8.75. The van der Waals surface area contributed by atoms with Crippen molar-refractivity contribution in [3.8, 4) is 0 Å². The number of morpholine rings is 1. The van der Waals surface area contributed by atoms with Gasteiger partial charge in [0, 0.05) is 31.7 Å². The van der Waals surface area contributed by atoms with Crippen molar-refractivity contribution in [1.29, 1.82) is 0 Å². The van der Waals surface area contributed by atoms with Gasteiger partial charge in [-0.2, -0.15) is 0 Å². The van der Waals surface area contributed by atoms with Gasteiger partial charge in [-0.25, -0.2) is 8.78 Å². The van der Waals surface area contributed by atoms with Gasteiger partial charge in [0.05, 0.1) is 12.7 Å². The van der Waals surface area contributed by atoms with E-state index < -0.39 is 17.5 Å². The molecule has 0 bridgehead atoms. The lowest BCUT2D eigenvalue weighted by molar-refractivity contribution is -0.0301.